The average Bonchev–Trinajstić information content (AvgIpc) is 0.736. The van der Waals surface area contributed by atoms with Crippen molar-refractivity contribution in [1.29, 1.82) is 0 Å². The van der Waals surface area contributed by atoms with Crippen molar-refractivity contribution in [3.8, 4) is 0 Å². The third-order valence-corrected chi connectivity index (χ3v) is 18.5. The summed E-state index contributed by atoms with van der Waals surface area (Å²) >= 11 is 0. The maximum Gasteiger partial charge on any atom is 0.460 e. The summed E-state index contributed by atoms with van der Waals surface area (Å²) in [5, 5.41) is -13.4. The lowest BCUT2D eigenvalue weighted by Crippen LogP contribution is -2.66. The van der Waals surface area contributed by atoms with Crippen molar-refractivity contribution < 1.29 is 196 Å². The van der Waals surface area contributed by atoms with Gasteiger partial charge in [-0.25, -0.2) is 30.0 Å². The molecule has 0 aromatic heterocycles. The molecule has 100 heavy (non-hydrogen) atoms. The van der Waals surface area contributed by atoms with Crippen LogP contribution in [0.2, 0.25) is 0 Å². The molecule has 0 bridgehead atoms. The zero-order valence-electron chi connectivity index (χ0n) is 50.7. The van der Waals surface area contributed by atoms with Gasteiger partial charge in [0.25, 0.3) is 41.9 Å². The highest BCUT2D eigenvalue weighted by atomic mass is 32.2. The Kier molecular flexibility index (Phi) is 32.1. The highest BCUT2D eigenvalue weighted by molar-refractivity contribution is 7.90. The Labute approximate surface area is 545 Å². The van der Waals surface area contributed by atoms with Crippen molar-refractivity contribution in [2.75, 3.05) is 105 Å². The normalized spacial score (nSPS) is 16.8. The van der Waals surface area contributed by atoms with Crippen LogP contribution in [0, 0.1) is 0 Å². The lowest BCUT2D eigenvalue weighted by atomic mass is 10.1. The number of carbonyl (C=O) groups is 9. The number of nitrogens with zero attached hydrogens (tertiary/aromatic N) is 5. The van der Waals surface area contributed by atoms with Crippen LogP contribution in [0.5, 0.6) is 0 Å². The molecule has 55 heteroatoms. The molecule has 3 aliphatic heterocycles. The van der Waals surface area contributed by atoms with Crippen LogP contribution < -0.4 is 16.0 Å². The van der Waals surface area contributed by atoms with Crippen LogP contribution in [0.3, 0.4) is 0 Å². The van der Waals surface area contributed by atoms with Crippen LogP contribution in [0.15, 0.2) is 0 Å². The van der Waals surface area contributed by atoms with E-state index < -0.39 is 250 Å². The maximum atomic E-state index is 14.1. The summed E-state index contributed by atoms with van der Waals surface area (Å²) in [4.78, 5) is 103. The molecule has 0 saturated carbocycles. The summed E-state index contributed by atoms with van der Waals surface area (Å²) < 4.78 is 427. The summed E-state index contributed by atoms with van der Waals surface area (Å²) in [6.45, 7) is -9.08. The fourth-order valence-corrected chi connectivity index (χ4v) is 11.5. The van der Waals surface area contributed by atoms with Gasteiger partial charge in [-0.05, 0) is 19.8 Å². The van der Waals surface area contributed by atoms with Gasteiger partial charge < -0.3 is 35.2 Å². The summed E-state index contributed by atoms with van der Waals surface area (Å²) in [5.74, 6) is -51.3. The number of halogens is 27. The first kappa shape index (κ1) is 93.6. The average molecular weight is 1590 g/mol. The second kappa shape index (κ2) is 34.3. The molecule has 0 radical (unpaired) electrons. The van der Waals surface area contributed by atoms with Crippen LogP contribution in [0.25, 0.3) is 0 Å². The van der Waals surface area contributed by atoms with Gasteiger partial charge in [0, 0.05) is 125 Å². The van der Waals surface area contributed by atoms with Crippen molar-refractivity contribution in [2.24, 2.45) is 0 Å². The number of alkyl halides is 27. The molecule has 3 fully saturated rings. The molecule has 3 saturated heterocycles. The number of Topliss-reactive ketones (excluding diaryl/α,β-unsaturated/α-hetero) is 3. The Morgan fingerprint density at radius 3 is 1.04 bits per heavy atom. The zero-order chi connectivity index (χ0) is 79.3. The van der Waals surface area contributed by atoms with Crippen LogP contribution in [-0.2, 0) is 82.7 Å². The quantitative estimate of drug-likeness (QED) is 0.0502. The van der Waals surface area contributed by atoms with Crippen molar-refractivity contribution in [1.82, 2.24) is 38.7 Å². The Hall–Kier alpha value is -6.37. The second-order valence-corrected chi connectivity index (χ2v) is 26.0. The Morgan fingerprint density at radius 1 is 0.420 bits per heavy atom. The summed E-state index contributed by atoms with van der Waals surface area (Å²) in [6, 6.07) is 0. The SMILES string of the molecule is CC(=O)C(=O)NCCCC(=O)C(=O)OCC(F)(F)F.CC(F)(F)C(F)(F)C(F)(F)S(=O)(=O)N1CCN(C(=O)C(=O)CCCNC(=O)C(=O)N2CCN(S(=O)(=O)C(F)(F)C(F)(F)C(F)(F)C(F)(F)F)CC2)CC1.CCOC(C)=O.O=S(=O)(N1CCNCC1)C(F)(F)C(F)(F)C(F)(F)C(F)(F)F. The molecule has 0 aliphatic carbocycles. The van der Waals surface area contributed by atoms with Crippen LogP contribution in [0.4, 0.5) is 119 Å². The number of esters is 2. The number of carbonyl (C=O) groups excluding carboxylic acids is 9. The van der Waals surface area contributed by atoms with Gasteiger partial charge in [0.15, 0.2) is 6.61 Å². The third-order valence-electron chi connectivity index (χ3n) is 12.7. The second-order valence-electron chi connectivity index (χ2n) is 20.1. The largest absolute Gasteiger partial charge is 0.466 e. The number of amides is 4. The first-order valence-electron chi connectivity index (χ1n) is 26.9. The van der Waals surface area contributed by atoms with Gasteiger partial charge in [-0.1, -0.05) is 0 Å². The molecule has 0 aromatic rings. The standard InChI is InChI=1S/C23H26F15N5O8S2.C10H12F3NO5.C8H9F9N2O2S.C4H8O2/c1-17(24,25)18(26,27)22(35,36)52(48,49)42-9-5-40(6-10-42)15(46)13(44)3-2-4-39-14(45)16(47)41-7-11-43(12-8-41)53(50,51)23(37,38)20(30,31)19(28,29)21(32,33)34;1-6(15)8(17)14-4-2-3-7(16)9(18)19-5-10(11,12)13;9-5(10,7(13,14)15)6(11,12)8(16,17)22(20,21)19-3-1-18-2-4-19;1-3-6-4(2)5/h2-12H2,1H3,(H,39,45);2-5H2,1H3,(H,14,17);18H,1-4H2;3H2,1-2H3. The minimum Gasteiger partial charge on any atom is -0.466 e. The molecule has 584 valence electrons. The minimum atomic E-state index is -7.50. The van der Waals surface area contributed by atoms with E-state index in [1.54, 1.807) is 6.92 Å². The topological polar surface area (TPSA) is 327 Å². The molecule has 0 atom stereocenters. The highest BCUT2D eigenvalue weighted by Gasteiger charge is 2.87. The van der Waals surface area contributed by atoms with E-state index in [0.29, 0.717) is 16.4 Å². The van der Waals surface area contributed by atoms with Crippen molar-refractivity contribution in [2.45, 2.75) is 123 Å². The van der Waals surface area contributed by atoms with E-state index in [9.17, 15) is 187 Å². The monoisotopic (exact) mass is 1590 g/mol. The van der Waals surface area contributed by atoms with Gasteiger partial charge in [0.05, 0.1) is 6.61 Å². The Balaban J connectivity index is 0.00000169. The molecule has 3 N–H and O–H groups in total. The number of nitrogens with one attached hydrogen (secondary N) is 3. The Morgan fingerprint density at radius 2 is 0.740 bits per heavy atom. The summed E-state index contributed by atoms with van der Waals surface area (Å²) in [5.41, 5.74) is 0. The smallest absolute Gasteiger partial charge is 0.460 e. The molecule has 3 rings (SSSR count). The van der Waals surface area contributed by atoms with Crippen LogP contribution >= 0.6 is 0 Å². The molecule has 25 nitrogen and oxygen atoms in total. The van der Waals surface area contributed by atoms with Gasteiger partial charge in [-0.3, -0.25) is 38.4 Å². The fourth-order valence-electron chi connectivity index (χ4n) is 7.16. The van der Waals surface area contributed by atoms with Crippen LogP contribution in [-0.4, -0.2) is 276 Å². The van der Waals surface area contributed by atoms with Gasteiger partial charge >= 0.3 is 93.6 Å². The highest BCUT2D eigenvalue weighted by Crippen LogP contribution is 2.57. The van der Waals surface area contributed by atoms with E-state index in [-0.39, 0.29) is 47.1 Å². The lowest BCUT2D eigenvalue weighted by molar-refractivity contribution is -0.382. The zero-order valence-corrected chi connectivity index (χ0v) is 53.2. The number of sulfonamides is 3. The van der Waals surface area contributed by atoms with Crippen molar-refractivity contribution in [3.05, 3.63) is 0 Å². The van der Waals surface area contributed by atoms with E-state index in [1.807, 2.05) is 5.32 Å². The predicted molar refractivity (Wildman–Crippen MR) is 274 cm³/mol. The van der Waals surface area contributed by atoms with Gasteiger partial charge in [-0.15, -0.1) is 0 Å². The molecule has 3 heterocycles. The van der Waals surface area contributed by atoms with Crippen molar-refractivity contribution >= 4 is 83.0 Å². The predicted octanol–water partition coefficient (Wildman–Crippen LogP) is 4.07. The van der Waals surface area contributed by atoms with E-state index in [4.69, 9.17) is 0 Å². The number of ketones is 3. The van der Waals surface area contributed by atoms with Crippen molar-refractivity contribution in [3.63, 3.8) is 0 Å². The summed E-state index contributed by atoms with van der Waals surface area (Å²) in [7, 11) is -19.8. The molecule has 4 amide bonds. The molecule has 0 unspecified atom stereocenters. The number of hydrogen-bond donors (Lipinski definition) is 3. The van der Waals surface area contributed by atoms with Crippen LogP contribution in [0.1, 0.15) is 53.4 Å². The molecule has 0 spiro atoms. The third kappa shape index (κ3) is 21.8. The Bertz CT molecular complexity index is 3240. The molecule has 0 aromatic carbocycles. The fraction of sp³-hybridized carbons (Fsp3) is 0.800. The first-order chi connectivity index (χ1) is 44.6. The first-order valence-corrected chi connectivity index (χ1v) is 31.2. The van der Waals surface area contributed by atoms with Gasteiger partial charge in [-0.2, -0.15) is 131 Å². The molecule has 3 aliphatic rings. The van der Waals surface area contributed by atoms with E-state index in [0.717, 1.165) is 6.92 Å². The minimum absolute atomic E-state index is 0.0129. The van der Waals surface area contributed by atoms with E-state index in [1.165, 1.54) is 6.92 Å². The molecular weight excluding hydrogens is 1530 g/mol. The maximum absolute atomic E-state index is 14.1. The number of rotatable bonds is 25. The molecular formula is C45H55F27N8O17S3. The van der Waals surface area contributed by atoms with E-state index >= 15 is 0 Å². The van der Waals surface area contributed by atoms with Gasteiger partial charge in [0.1, 0.15) is 0 Å². The van der Waals surface area contributed by atoms with Gasteiger partial charge in [0.2, 0.25) is 17.3 Å². The van der Waals surface area contributed by atoms with E-state index in [2.05, 4.69) is 20.1 Å². The number of hydrogen-bond acceptors (Lipinski definition) is 18. The lowest BCUT2D eigenvalue weighted by Gasteiger charge is -2.38. The summed E-state index contributed by atoms with van der Waals surface area (Å²) in [6.07, 6.45) is -20.5. The number of ether oxygens (including phenoxy) is 2. The number of piperazine rings is 3.